The lowest BCUT2D eigenvalue weighted by Crippen LogP contribution is -2.00. The number of anilines is 1. The molecule has 2 aromatic carbocycles. The molecule has 0 aliphatic rings. The van der Waals surface area contributed by atoms with E-state index in [0.717, 1.165) is 21.2 Å². The molecule has 90 valence electrons. The maximum Gasteiger partial charge on any atom is 0.205 e. The van der Waals surface area contributed by atoms with Crippen LogP contribution in [0, 0.1) is 0 Å². The Kier molecular flexibility index (Phi) is 2.76. The van der Waals surface area contributed by atoms with E-state index in [1.165, 1.54) is 0 Å². The number of hydrogen-bond acceptors (Lipinski definition) is 2. The van der Waals surface area contributed by atoms with Crippen LogP contribution in [0.1, 0.15) is 0 Å². The summed E-state index contributed by atoms with van der Waals surface area (Å²) in [6, 6.07) is 13.4. The largest absolute Gasteiger partial charge is 0.369 e. The number of rotatable bonds is 1. The minimum Gasteiger partial charge on any atom is -0.369 e. The number of nitrogens with two attached hydrogens (primary N) is 1. The standard InChI is InChI=1S/C13H9BrClN3/c14-8-4-5-11-12(6-8)18(13(16)17-11)10-3-1-2-9(15)7-10/h1-7H,(H2,16,17). The molecule has 0 aliphatic heterocycles. The summed E-state index contributed by atoms with van der Waals surface area (Å²) in [6.45, 7) is 0. The zero-order chi connectivity index (χ0) is 12.7. The highest BCUT2D eigenvalue weighted by atomic mass is 79.9. The van der Waals surface area contributed by atoms with E-state index in [0.29, 0.717) is 11.0 Å². The molecule has 2 N–H and O–H groups in total. The van der Waals surface area contributed by atoms with E-state index in [-0.39, 0.29) is 0 Å². The Morgan fingerprint density at radius 1 is 1.17 bits per heavy atom. The van der Waals surface area contributed by atoms with Crippen molar-refractivity contribution < 1.29 is 0 Å². The monoisotopic (exact) mass is 321 g/mol. The first-order chi connectivity index (χ1) is 8.65. The highest BCUT2D eigenvalue weighted by Gasteiger charge is 2.10. The highest BCUT2D eigenvalue weighted by molar-refractivity contribution is 9.10. The fraction of sp³-hybridized carbons (Fsp3) is 0. The summed E-state index contributed by atoms with van der Waals surface area (Å²) in [4.78, 5) is 4.34. The molecule has 5 heteroatoms. The predicted molar refractivity (Wildman–Crippen MR) is 78.2 cm³/mol. The van der Waals surface area contributed by atoms with E-state index >= 15 is 0 Å². The Morgan fingerprint density at radius 3 is 2.78 bits per heavy atom. The van der Waals surface area contributed by atoms with Gasteiger partial charge < -0.3 is 5.73 Å². The molecule has 3 aromatic rings. The van der Waals surface area contributed by atoms with Gasteiger partial charge in [-0.05, 0) is 36.4 Å². The van der Waals surface area contributed by atoms with Crippen molar-refractivity contribution in [3.8, 4) is 5.69 Å². The number of imidazole rings is 1. The van der Waals surface area contributed by atoms with Crippen molar-refractivity contribution in [2.75, 3.05) is 5.73 Å². The number of nitrogen functional groups attached to an aromatic ring is 1. The second-order valence-electron chi connectivity index (χ2n) is 3.92. The van der Waals surface area contributed by atoms with Gasteiger partial charge in [-0.25, -0.2) is 4.98 Å². The van der Waals surface area contributed by atoms with Crippen LogP contribution < -0.4 is 5.73 Å². The van der Waals surface area contributed by atoms with E-state index in [9.17, 15) is 0 Å². The summed E-state index contributed by atoms with van der Waals surface area (Å²) in [6.07, 6.45) is 0. The summed E-state index contributed by atoms with van der Waals surface area (Å²) >= 11 is 9.47. The molecule has 0 aliphatic carbocycles. The fourth-order valence-corrected chi connectivity index (χ4v) is 2.49. The lowest BCUT2D eigenvalue weighted by Gasteiger charge is -2.06. The number of hydrogen-bond donors (Lipinski definition) is 1. The molecule has 3 nitrogen and oxygen atoms in total. The minimum absolute atomic E-state index is 0.449. The topological polar surface area (TPSA) is 43.8 Å². The summed E-state index contributed by atoms with van der Waals surface area (Å²) in [7, 11) is 0. The van der Waals surface area contributed by atoms with Crippen molar-refractivity contribution in [1.29, 1.82) is 0 Å². The molecular formula is C13H9BrClN3. The van der Waals surface area contributed by atoms with Crippen LogP contribution in [0.15, 0.2) is 46.9 Å². The van der Waals surface area contributed by atoms with Gasteiger partial charge in [0.15, 0.2) is 0 Å². The quantitative estimate of drug-likeness (QED) is 0.735. The van der Waals surface area contributed by atoms with Gasteiger partial charge >= 0.3 is 0 Å². The van der Waals surface area contributed by atoms with E-state index < -0.39 is 0 Å². The molecule has 0 amide bonds. The first kappa shape index (κ1) is 11.6. The van der Waals surface area contributed by atoms with Crippen molar-refractivity contribution in [1.82, 2.24) is 9.55 Å². The second kappa shape index (κ2) is 4.30. The van der Waals surface area contributed by atoms with Gasteiger partial charge in [-0.3, -0.25) is 4.57 Å². The Labute approximate surface area is 117 Å². The van der Waals surface area contributed by atoms with Crippen molar-refractivity contribution >= 4 is 44.5 Å². The van der Waals surface area contributed by atoms with Crippen LogP contribution in [0.2, 0.25) is 5.02 Å². The first-order valence-electron chi connectivity index (χ1n) is 5.34. The summed E-state index contributed by atoms with van der Waals surface area (Å²) in [5, 5.41) is 0.670. The Hall–Kier alpha value is -1.52. The Balaban J connectivity index is 2.34. The molecule has 0 saturated carbocycles. The van der Waals surface area contributed by atoms with Gasteiger partial charge in [0.25, 0.3) is 0 Å². The zero-order valence-corrected chi connectivity index (χ0v) is 11.6. The van der Waals surface area contributed by atoms with Gasteiger partial charge in [0.05, 0.1) is 16.7 Å². The van der Waals surface area contributed by atoms with E-state index in [1.54, 1.807) is 0 Å². The normalized spacial score (nSPS) is 11.0. The Morgan fingerprint density at radius 2 is 2.00 bits per heavy atom. The van der Waals surface area contributed by atoms with Crippen LogP contribution in [0.3, 0.4) is 0 Å². The van der Waals surface area contributed by atoms with Gasteiger partial charge in [0.1, 0.15) is 0 Å². The van der Waals surface area contributed by atoms with Crippen molar-refractivity contribution in [3.05, 3.63) is 52.0 Å². The molecule has 0 spiro atoms. The molecule has 3 rings (SSSR count). The van der Waals surface area contributed by atoms with Crippen LogP contribution in [0.25, 0.3) is 16.7 Å². The molecule has 0 fully saturated rings. The Bertz CT molecular complexity index is 736. The van der Waals surface area contributed by atoms with E-state index in [4.69, 9.17) is 17.3 Å². The molecule has 1 aromatic heterocycles. The first-order valence-corrected chi connectivity index (χ1v) is 6.52. The second-order valence-corrected chi connectivity index (χ2v) is 5.27. The smallest absolute Gasteiger partial charge is 0.205 e. The molecule has 18 heavy (non-hydrogen) atoms. The van der Waals surface area contributed by atoms with Crippen LogP contribution in [-0.4, -0.2) is 9.55 Å². The van der Waals surface area contributed by atoms with Crippen molar-refractivity contribution in [3.63, 3.8) is 0 Å². The van der Waals surface area contributed by atoms with Crippen molar-refractivity contribution in [2.24, 2.45) is 0 Å². The molecule has 0 unspecified atom stereocenters. The molecule has 0 atom stereocenters. The third-order valence-corrected chi connectivity index (χ3v) is 3.44. The number of fused-ring (bicyclic) bond motifs is 1. The third kappa shape index (κ3) is 1.87. The van der Waals surface area contributed by atoms with Crippen LogP contribution in [0.4, 0.5) is 5.95 Å². The summed E-state index contributed by atoms with van der Waals surface area (Å²) in [5.74, 6) is 0.449. The average Bonchev–Trinajstić information content (AvgIpc) is 2.64. The SMILES string of the molecule is Nc1nc2ccc(Br)cc2n1-c1cccc(Cl)c1. The van der Waals surface area contributed by atoms with Gasteiger partial charge in [-0.2, -0.15) is 0 Å². The molecule has 0 saturated heterocycles. The van der Waals surface area contributed by atoms with Gasteiger partial charge in [0.2, 0.25) is 5.95 Å². The lowest BCUT2D eigenvalue weighted by atomic mass is 10.3. The predicted octanol–water partition coefficient (Wildman–Crippen LogP) is 4.02. The van der Waals surface area contributed by atoms with E-state index in [2.05, 4.69) is 20.9 Å². The van der Waals surface area contributed by atoms with Crippen LogP contribution >= 0.6 is 27.5 Å². The maximum atomic E-state index is 6.01. The molecule has 0 bridgehead atoms. The van der Waals surface area contributed by atoms with E-state index in [1.807, 2.05) is 47.0 Å². The number of halogens is 2. The highest BCUT2D eigenvalue weighted by Crippen LogP contribution is 2.26. The summed E-state index contributed by atoms with van der Waals surface area (Å²) < 4.78 is 2.87. The van der Waals surface area contributed by atoms with Gasteiger partial charge in [0, 0.05) is 9.50 Å². The van der Waals surface area contributed by atoms with Crippen molar-refractivity contribution in [2.45, 2.75) is 0 Å². The maximum absolute atomic E-state index is 6.01. The number of benzene rings is 2. The molecule has 1 heterocycles. The lowest BCUT2D eigenvalue weighted by molar-refractivity contribution is 1.11. The van der Waals surface area contributed by atoms with Crippen LogP contribution in [0.5, 0.6) is 0 Å². The molecule has 0 radical (unpaired) electrons. The number of nitrogens with zero attached hydrogens (tertiary/aromatic N) is 2. The zero-order valence-electron chi connectivity index (χ0n) is 9.27. The number of aromatic nitrogens is 2. The van der Waals surface area contributed by atoms with Gasteiger partial charge in [-0.1, -0.05) is 33.6 Å². The third-order valence-electron chi connectivity index (χ3n) is 2.71. The average molecular weight is 323 g/mol. The van der Waals surface area contributed by atoms with Crippen LogP contribution in [-0.2, 0) is 0 Å². The van der Waals surface area contributed by atoms with Gasteiger partial charge in [-0.15, -0.1) is 0 Å². The fourth-order valence-electron chi connectivity index (χ4n) is 1.95. The molecular weight excluding hydrogens is 314 g/mol. The minimum atomic E-state index is 0.449. The summed E-state index contributed by atoms with van der Waals surface area (Å²) in [5.41, 5.74) is 8.69.